The summed E-state index contributed by atoms with van der Waals surface area (Å²) in [6.07, 6.45) is 3.79. The van der Waals surface area contributed by atoms with Crippen molar-refractivity contribution in [1.82, 2.24) is 0 Å². The number of esters is 1. The number of hydrogen-bond donors (Lipinski definition) is 0. The van der Waals surface area contributed by atoms with Gasteiger partial charge in [-0.1, -0.05) is 18.2 Å². The number of carbonyl (C=O) groups excluding carboxylic acids is 2. The molecule has 21 heavy (non-hydrogen) atoms. The van der Waals surface area contributed by atoms with Crippen LogP contribution in [0, 0.1) is 0 Å². The fourth-order valence-electron chi connectivity index (χ4n) is 1.76. The molecule has 106 valence electrons. The summed E-state index contributed by atoms with van der Waals surface area (Å²) < 4.78 is 10.4. The second-order valence-corrected chi connectivity index (χ2v) is 4.15. The zero-order valence-electron chi connectivity index (χ0n) is 11.5. The molecule has 0 aliphatic carbocycles. The Labute approximate surface area is 122 Å². The molecule has 0 amide bonds. The van der Waals surface area contributed by atoms with Gasteiger partial charge < -0.3 is 9.47 Å². The highest BCUT2D eigenvalue weighted by atomic mass is 16.5. The molecule has 0 unspecified atom stereocenters. The fourth-order valence-corrected chi connectivity index (χ4v) is 1.76. The van der Waals surface area contributed by atoms with E-state index >= 15 is 0 Å². The normalized spacial score (nSPS) is 10.3. The van der Waals surface area contributed by atoms with Crippen LogP contribution in [-0.2, 0) is 9.53 Å². The largest absolute Gasteiger partial charge is 0.465 e. The van der Waals surface area contributed by atoms with Gasteiger partial charge in [0.1, 0.15) is 17.8 Å². The molecule has 4 nitrogen and oxygen atoms in total. The third kappa shape index (κ3) is 3.79. The van der Waals surface area contributed by atoms with Crippen molar-refractivity contribution < 1.29 is 19.1 Å². The minimum atomic E-state index is -0.393. The molecule has 0 atom stereocenters. The van der Waals surface area contributed by atoms with E-state index in [1.165, 1.54) is 13.2 Å². The Kier molecular flexibility index (Phi) is 4.88. The van der Waals surface area contributed by atoms with Crippen LogP contribution in [0.5, 0.6) is 11.5 Å². The van der Waals surface area contributed by atoms with Crippen molar-refractivity contribution in [2.24, 2.45) is 0 Å². The molecular formula is C17H14O4. The first-order valence-corrected chi connectivity index (χ1v) is 6.31. The first kappa shape index (κ1) is 14.5. The summed E-state index contributed by atoms with van der Waals surface area (Å²) >= 11 is 0. The van der Waals surface area contributed by atoms with Crippen molar-refractivity contribution in [3.63, 3.8) is 0 Å². The Morgan fingerprint density at radius 2 is 1.76 bits per heavy atom. The van der Waals surface area contributed by atoms with E-state index in [1.54, 1.807) is 36.4 Å². The molecule has 0 N–H and O–H groups in total. The van der Waals surface area contributed by atoms with Crippen LogP contribution in [0.1, 0.15) is 15.9 Å². The monoisotopic (exact) mass is 282 g/mol. The number of rotatable bonds is 5. The molecular weight excluding hydrogens is 268 g/mol. The minimum absolute atomic E-state index is 0.393. The van der Waals surface area contributed by atoms with E-state index < -0.39 is 5.97 Å². The summed E-state index contributed by atoms with van der Waals surface area (Å²) in [7, 11) is 1.34. The van der Waals surface area contributed by atoms with Crippen molar-refractivity contribution >= 4 is 18.3 Å². The van der Waals surface area contributed by atoms with E-state index in [-0.39, 0.29) is 0 Å². The number of methoxy groups -OCH3 is 1. The standard InChI is InChI=1S/C17H14O4/c1-20-17(19)14-8-10-15(11-9-14)21-16-7-3-2-5-13(16)6-4-12-18/h2-12H,1H3. The second-order valence-electron chi connectivity index (χ2n) is 4.15. The molecule has 2 aromatic rings. The molecule has 0 aliphatic rings. The predicted octanol–water partition coefficient (Wildman–Crippen LogP) is 3.48. The Morgan fingerprint density at radius 1 is 1.05 bits per heavy atom. The molecule has 0 aromatic heterocycles. The number of para-hydroxylation sites is 1. The van der Waals surface area contributed by atoms with Gasteiger partial charge in [-0.3, -0.25) is 4.79 Å². The lowest BCUT2D eigenvalue weighted by molar-refractivity contribution is -0.104. The summed E-state index contributed by atoms with van der Waals surface area (Å²) in [6, 6.07) is 14.0. The van der Waals surface area contributed by atoms with E-state index in [0.717, 1.165) is 5.56 Å². The molecule has 4 heteroatoms. The van der Waals surface area contributed by atoms with Gasteiger partial charge in [-0.25, -0.2) is 4.79 Å². The Bertz CT molecular complexity index is 657. The molecule has 2 aromatic carbocycles. The molecule has 0 spiro atoms. The highest BCUT2D eigenvalue weighted by Crippen LogP contribution is 2.26. The molecule has 0 heterocycles. The van der Waals surface area contributed by atoms with Crippen LogP contribution in [-0.4, -0.2) is 19.4 Å². The topological polar surface area (TPSA) is 52.6 Å². The quantitative estimate of drug-likeness (QED) is 0.478. The van der Waals surface area contributed by atoms with Gasteiger partial charge in [0.25, 0.3) is 0 Å². The van der Waals surface area contributed by atoms with E-state index in [2.05, 4.69) is 4.74 Å². The van der Waals surface area contributed by atoms with Crippen LogP contribution in [0.3, 0.4) is 0 Å². The highest BCUT2D eigenvalue weighted by molar-refractivity contribution is 5.89. The van der Waals surface area contributed by atoms with Crippen LogP contribution < -0.4 is 4.74 Å². The third-order valence-corrected chi connectivity index (χ3v) is 2.78. The number of allylic oxidation sites excluding steroid dienone is 1. The molecule has 0 saturated heterocycles. The van der Waals surface area contributed by atoms with Gasteiger partial charge in [-0.05, 0) is 42.5 Å². The first-order valence-electron chi connectivity index (χ1n) is 6.31. The lowest BCUT2D eigenvalue weighted by Crippen LogP contribution is -2.00. The maximum absolute atomic E-state index is 11.4. The van der Waals surface area contributed by atoms with Gasteiger partial charge >= 0.3 is 5.97 Å². The maximum atomic E-state index is 11.4. The average Bonchev–Trinajstić information content (AvgIpc) is 2.54. The van der Waals surface area contributed by atoms with Gasteiger partial charge in [-0.2, -0.15) is 0 Å². The van der Waals surface area contributed by atoms with Crippen molar-refractivity contribution in [1.29, 1.82) is 0 Å². The van der Waals surface area contributed by atoms with E-state index in [1.807, 2.05) is 18.2 Å². The SMILES string of the molecule is COC(=O)c1ccc(Oc2ccccc2C=CC=O)cc1. The number of ether oxygens (including phenoxy) is 2. The van der Waals surface area contributed by atoms with Crippen LogP contribution in [0.25, 0.3) is 6.08 Å². The van der Waals surface area contributed by atoms with Gasteiger partial charge in [0, 0.05) is 5.56 Å². The maximum Gasteiger partial charge on any atom is 0.337 e. The smallest absolute Gasteiger partial charge is 0.337 e. The Hall–Kier alpha value is -2.88. The number of aldehydes is 1. The molecule has 0 aliphatic heterocycles. The van der Waals surface area contributed by atoms with Crippen LogP contribution in [0.15, 0.2) is 54.6 Å². The molecule has 0 radical (unpaired) electrons. The van der Waals surface area contributed by atoms with Gasteiger partial charge in [-0.15, -0.1) is 0 Å². The van der Waals surface area contributed by atoms with Gasteiger partial charge in [0.15, 0.2) is 0 Å². The summed E-state index contributed by atoms with van der Waals surface area (Å²) in [4.78, 5) is 21.8. The zero-order chi connectivity index (χ0) is 15.1. The molecule has 0 bridgehead atoms. The lowest BCUT2D eigenvalue weighted by atomic mass is 10.2. The zero-order valence-corrected chi connectivity index (χ0v) is 11.5. The number of hydrogen-bond acceptors (Lipinski definition) is 4. The highest BCUT2D eigenvalue weighted by Gasteiger charge is 2.06. The van der Waals surface area contributed by atoms with Crippen molar-refractivity contribution in [2.45, 2.75) is 0 Å². The Morgan fingerprint density at radius 3 is 2.43 bits per heavy atom. The Balaban J connectivity index is 2.20. The summed E-state index contributed by atoms with van der Waals surface area (Å²) in [5.74, 6) is 0.826. The molecule has 2 rings (SSSR count). The van der Waals surface area contributed by atoms with Crippen LogP contribution >= 0.6 is 0 Å². The lowest BCUT2D eigenvalue weighted by Gasteiger charge is -2.09. The van der Waals surface area contributed by atoms with Crippen molar-refractivity contribution in [3.8, 4) is 11.5 Å². The fraction of sp³-hybridized carbons (Fsp3) is 0.0588. The van der Waals surface area contributed by atoms with Crippen LogP contribution in [0.4, 0.5) is 0 Å². The minimum Gasteiger partial charge on any atom is -0.465 e. The molecule has 0 fully saturated rings. The van der Waals surface area contributed by atoms with Crippen molar-refractivity contribution in [2.75, 3.05) is 7.11 Å². The van der Waals surface area contributed by atoms with Gasteiger partial charge in [0.05, 0.1) is 12.7 Å². The van der Waals surface area contributed by atoms with Crippen molar-refractivity contribution in [3.05, 3.63) is 65.7 Å². The predicted molar refractivity (Wildman–Crippen MR) is 79.4 cm³/mol. The number of carbonyl (C=O) groups is 2. The summed E-state index contributed by atoms with van der Waals surface area (Å²) in [6.45, 7) is 0. The third-order valence-electron chi connectivity index (χ3n) is 2.78. The van der Waals surface area contributed by atoms with E-state index in [4.69, 9.17) is 4.74 Å². The first-order chi connectivity index (χ1) is 10.2. The molecule has 0 saturated carbocycles. The summed E-state index contributed by atoms with van der Waals surface area (Å²) in [5, 5.41) is 0. The van der Waals surface area contributed by atoms with E-state index in [0.29, 0.717) is 23.3 Å². The second kappa shape index (κ2) is 7.05. The average molecular weight is 282 g/mol. The number of benzene rings is 2. The van der Waals surface area contributed by atoms with Crippen LogP contribution in [0.2, 0.25) is 0 Å². The van der Waals surface area contributed by atoms with Gasteiger partial charge in [0.2, 0.25) is 0 Å². The van der Waals surface area contributed by atoms with E-state index in [9.17, 15) is 9.59 Å². The summed E-state index contributed by atoms with van der Waals surface area (Å²) in [5.41, 5.74) is 1.25.